The summed E-state index contributed by atoms with van der Waals surface area (Å²) in [5.74, 6) is 0.188. The van der Waals surface area contributed by atoms with E-state index in [1.807, 2.05) is 0 Å². The lowest BCUT2D eigenvalue weighted by Crippen LogP contribution is -2.13. The molecule has 2 nitrogen and oxygen atoms in total. The first-order valence-corrected chi connectivity index (χ1v) is 4.93. The Hall–Kier alpha value is -0.790. The van der Waals surface area contributed by atoms with Gasteiger partial charge < -0.3 is 5.11 Å². The number of carboxylic acids is 1. The molecule has 0 aliphatic carbocycles. The minimum Gasteiger partial charge on any atom is -0.478 e. The zero-order chi connectivity index (χ0) is 10.4. The van der Waals surface area contributed by atoms with Crippen molar-refractivity contribution in [3.63, 3.8) is 0 Å². The highest BCUT2D eigenvalue weighted by Gasteiger charge is 2.16. The van der Waals surface area contributed by atoms with Crippen LogP contribution in [0, 0.1) is 11.8 Å². The predicted octanol–water partition coefficient (Wildman–Crippen LogP) is 3.09. The summed E-state index contributed by atoms with van der Waals surface area (Å²) in [6, 6.07) is 0. The minimum atomic E-state index is -0.863. The van der Waals surface area contributed by atoms with Crippen LogP contribution in [0.4, 0.5) is 0 Å². The molecule has 0 rings (SSSR count). The SMILES string of the molecule is C=C(CC(C)C(CC)CC)C(=O)O. The molecular formula is C11H20O2. The molecule has 0 heterocycles. The van der Waals surface area contributed by atoms with Gasteiger partial charge in [0, 0.05) is 5.57 Å². The molecule has 76 valence electrons. The van der Waals surface area contributed by atoms with Gasteiger partial charge in [-0.25, -0.2) is 4.79 Å². The maximum Gasteiger partial charge on any atom is 0.330 e. The number of carbonyl (C=O) groups is 1. The Morgan fingerprint density at radius 3 is 2.15 bits per heavy atom. The van der Waals surface area contributed by atoms with E-state index in [1.165, 1.54) is 0 Å². The molecule has 0 radical (unpaired) electrons. The second kappa shape index (κ2) is 5.79. The van der Waals surface area contributed by atoms with E-state index in [-0.39, 0.29) is 0 Å². The second-order valence-corrected chi connectivity index (χ2v) is 3.67. The molecule has 1 unspecified atom stereocenters. The highest BCUT2D eigenvalue weighted by Crippen LogP contribution is 2.24. The third-order valence-electron chi connectivity index (χ3n) is 2.72. The van der Waals surface area contributed by atoms with Gasteiger partial charge in [0.15, 0.2) is 0 Å². The van der Waals surface area contributed by atoms with Gasteiger partial charge in [0.1, 0.15) is 0 Å². The predicted molar refractivity (Wildman–Crippen MR) is 54.6 cm³/mol. The van der Waals surface area contributed by atoms with E-state index < -0.39 is 5.97 Å². The van der Waals surface area contributed by atoms with Crippen LogP contribution in [-0.2, 0) is 4.79 Å². The van der Waals surface area contributed by atoms with E-state index in [0.29, 0.717) is 23.8 Å². The van der Waals surface area contributed by atoms with Crippen molar-refractivity contribution in [2.75, 3.05) is 0 Å². The van der Waals surface area contributed by atoms with Crippen LogP contribution in [0.3, 0.4) is 0 Å². The Bertz CT molecular complexity index is 181. The van der Waals surface area contributed by atoms with Crippen LogP contribution < -0.4 is 0 Å². The Balaban J connectivity index is 4.04. The second-order valence-electron chi connectivity index (χ2n) is 3.67. The summed E-state index contributed by atoms with van der Waals surface area (Å²) in [6.45, 7) is 9.94. The zero-order valence-corrected chi connectivity index (χ0v) is 8.84. The maximum atomic E-state index is 10.5. The molecule has 13 heavy (non-hydrogen) atoms. The standard InChI is InChI=1S/C11H20O2/c1-5-10(6-2)8(3)7-9(4)11(12)13/h8,10H,4-7H2,1-3H3,(H,12,13). The summed E-state index contributed by atoms with van der Waals surface area (Å²) in [4.78, 5) is 10.5. The molecule has 0 aromatic heterocycles. The van der Waals surface area contributed by atoms with Gasteiger partial charge >= 0.3 is 5.97 Å². The highest BCUT2D eigenvalue weighted by molar-refractivity contribution is 5.85. The largest absolute Gasteiger partial charge is 0.478 e. The number of carboxylic acid groups (broad SMARTS) is 1. The normalized spacial score (nSPS) is 12.9. The van der Waals surface area contributed by atoms with E-state index in [2.05, 4.69) is 27.4 Å². The number of rotatable bonds is 6. The van der Waals surface area contributed by atoms with E-state index in [1.54, 1.807) is 0 Å². The van der Waals surface area contributed by atoms with Gasteiger partial charge in [-0.1, -0.05) is 40.2 Å². The molecule has 1 N–H and O–H groups in total. The Morgan fingerprint density at radius 1 is 1.38 bits per heavy atom. The molecule has 2 heteroatoms. The molecule has 0 fully saturated rings. The summed E-state index contributed by atoms with van der Waals surface area (Å²) in [5.41, 5.74) is 0.333. The van der Waals surface area contributed by atoms with Crippen molar-refractivity contribution in [1.82, 2.24) is 0 Å². The van der Waals surface area contributed by atoms with Crippen molar-refractivity contribution in [3.05, 3.63) is 12.2 Å². The van der Waals surface area contributed by atoms with Crippen LogP contribution in [0.2, 0.25) is 0 Å². The molecule has 0 bridgehead atoms. The Morgan fingerprint density at radius 2 is 1.85 bits per heavy atom. The van der Waals surface area contributed by atoms with Gasteiger partial charge in [-0.3, -0.25) is 0 Å². The zero-order valence-electron chi connectivity index (χ0n) is 8.84. The number of hydrogen-bond donors (Lipinski definition) is 1. The molecule has 0 aliphatic rings. The van der Waals surface area contributed by atoms with E-state index in [0.717, 1.165) is 12.8 Å². The van der Waals surface area contributed by atoms with Gasteiger partial charge in [-0.2, -0.15) is 0 Å². The van der Waals surface area contributed by atoms with Crippen LogP contribution in [0.1, 0.15) is 40.0 Å². The van der Waals surface area contributed by atoms with Crippen LogP contribution in [0.25, 0.3) is 0 Å². The summed E-state index contributed by atoms with van der Waals surface area (Å²) in [6.07, 6.45) is 2.84. The number of hydrogen-bond acceptors (Lipinski definition) is 1. The number of aliphatic carboxylic acids is 1. The molecule has 0 saturated carbocycles. The maximum absolute atomic E-state index is 10.5. The molecule has 0 aromatic carbocycles. The molecule has 0 aromatic rings. The van der Waals surface area contributed by atoms with Crippen molar-refractivity contribution in [1.29, 1.82) is 0 Å². The van der Waals surface area contributed by atoms with Crippen molar-refractivity contribution in [3.8, 4) is 0 Å². The summed E-state index contributed by atoms with van der Waals surface area (Å²) < 4.78 is 0. The van der Waals surface area contributed by atoms with Gasteiger partial charge in [0.05, 0.1) is 0 Å². The molecule has 0 aliphatic heterocycles. The van der Waals surface area contributed by atoms with Gasteiger partial charge in [-0.15, -0.1) is 0 Å². The first kappa shape index (κ1) is 12.2. The quantitative estimate of drug-likeness (QED) is 0.644. The lowest BCUT2D eigenvalue weighted by atomic mass is 9.85. The fourth-order valence-corrected chi connectivity index (χ4v) is 1.74. The van der Waals surface area contributed by atoms with Crippen LogP contribution in [0.5, 0.6) is 0 Å². The van der Waals surface area contributed by atoms with Crippen LogP contribution in [-0.4, -0.2) is 11.1 Å². The monoisotopic (exact) mass is 184 g/mol. The fourth-order valence-electron chi connectivity index (χ4n) is 1.74. The lowest BCUT2D eigenvalue weighted by Gasteiger charge is -2.20. The first-order valence-electron chi connectivity index (χ1n) is 4.93. The van der Waals surface area contributed by atoms with E-state index in [4.69, 9.17) is 5.11 Å². The van der Waals surface area contributed by atoms with Crippen molar-refractivity contribution in [2.24, 2.45) is 11.8 Å². The Kier molecular flexibility index (Phi) is 5.44. The van der Waals surface area contributed by atoms with Gasteiger partial charge in [0.2, 0.25) is 0 Å². The average molecular weight is 184 g/mol. The average Bonchev–Trinajstić information content (AvgIpc) is 2.06. The third kappa shape index (κ3) is 4.11. The third-order valence-corrected chi connectivity index (χ3v) is 2.72. The van der Waals surface area contributed by atoms with Crippen LogP contribution >= 0.6 is 0 Å². The van der Waals surface area contributed by atoms with Crippen molar-refractivity contribution in [2.45, 2.75) is 40.0 Å². The summed E-state index contributed by atoms with van der Waals surface area (Å²) >= 11 is 0. The van der Waals surface area contributed by atoms with Gasteiger partial charge in [0.25, 0.3) is 0 Å². The van der Waals surface area contributed by atoms with Crippen molar-refractivity contribution < 1.29 is 9.90 Å². The molecule has 0 saturated heterocycles. The lowest BCUT2D eigenvalue weighted by molar-refractivity contribution is -0.132. The topological polar surface area (TPSA) is 37.3 Å². The van der Waals surface area contributed by atoms with E-state index in [9.17, 15) is 4.79 Å². The fraction of sp³-hybridized carbons (Fsp3) is 0.727. The van der Waals surface area contributed by atoms with E-state index >= 15 is 0 Å². The molecule has 1 atom stereocenters. The minimum absolute atomic E-state index is 0.333. The summed E-state index contributed by atoms with van der Waals surface area (Å²) in [5, 5.41) is 8.66. The molecule has 0 amide bonds. The Labute approximate surface area is 80.7 Å². The van der Waals surface area contributed by atoms with Crippen molar-refractivity contribution >= 4 is 5.97 Å². The summed E-state index contributed by atoms with van der Waals surface area (Å²) in [7, 11) is 0. The highest BCUT2D eigenvalue weighted by atomic mass is 16.4. The van der Waals surface area contributed by atoms with Crippen LogP contribution in [0.15, 0.2) is 12.2 Å². The van der Waals surface area contributed by atoms with Gasteiger partial charge in [-0.05, 0) is 18.3 Å². The molecule has 0 spiro atoms. The smallest absolute Gasteiger partial charge is 0.330 e. The first-order chi connectivity index (χ1) is 6.02. The molecular weight excluding hydrogens is 164 g/mol.